The van der Waals surface area contributed by atoms with Crippen LogP contribution >= 0.6 is 0 Å². The molecule has 0 fully saturated rings. The van der Waals surface area contributed by atoms with Gasteiger partial charge in [0.1, 0.15) is 0 Å². The maximum atomic E-state index is 4.30. The van der Waals surface area contributed by atoms with Crippen LogP contribution in [0.4, 0.5) is 5.69 Å². The Labute approximate surface area is 118 Å². The van der Waals surface area contributed by atoms with Gasteiger partial charge in [-0.25, -0.2) is 4.68 Å². The van der Waals surface area contributed by atoms with Gasteiger partial charge in [0.15, 0.2) is 0 Å². The van der Waals surface area contributed by atoms with Crippen LogP contribution in [-0.2, 0) is 13.1 Å². The zero-order valence-corrected chi connectivity index (χ0v) is 11.5. The van der Waals surface area contributed by atoms with E-state index in [0.717, 1.165) is 24.5 Å². The summed E-state index contributed by atoms with van der Waals surface area (Å²) < 4.78 is 4.12. The van der Waals surface area contributed by atoms with E-state index in [4.69, 9.17) is 0 Å². The molecule has 0 atom stereocenters. The zero-order valence-electron chi connectivity index (χ0n) is 11.5. The fraction of sp³-hybridized carbons (Fsp3) is 0.188. The number of rotatable bonds is 5. The van der Waals surface area contributed by atoms with Crippen molar-refractivity contribution < 1.29 is 0 Å². The highest BCUT2D eigenvalue weighted by molar-refractivity contribution is 5.60. The lowest BCUT2D eigenvalue weighted by molar-refractivity contribution is 0.723. The lowest BCUT2D eigenvalue weighted by Gasteiger charge is -2.13. The molecule has 0 unspecified atom stereocenters. The molecule has 3 rings (SSSR count). The van der Waals surface area contributed by atoms with Gasteiger partial charge in [0.2, 0.25) is 0 Å². The van der Waals surface area contributed by atoms with Crippen molar-refractivity contribution in [2.45, 2.75) is 20.0 Å². The van der Waals surface area contributed by atoms with Crippen LogP contribution < -0.4 is 5.32 Å². The minimum Gasteiger partial charge on any atom is -0.378 e. The van der Waals surface area contributed by atoms with Gasteiger partial charge in [0.05, 0.1) is 17.9 Å². The number of benzene rings is 1. The first-order chi connectivity index (χ1) is 9.88. The maximum absolute atomic E-state index is 4.30. The monoisotopic (exact) mass is 266 g/mol. The van der Waals surface area contributed by atoms with Gasteiger partial charge in [0.25, 0.3) is 0 Å². The van der Waals surface area contributed by atoms with E-state index < -0.39 is 0 Å². The second-order valence-electron chi connectivity index (χ2n) is 4.61. The van der Waals surface area contributed by atoms with E-state index in [-0.39, 0.29) is 0 Å². The number of aryl methyl sites for hydroxylation is 1. The Morgan fingerprint density at radius 3 is 2.75 bits per heavy atom. The summed E-state index contributed by atoms with van der Waals surface area (Å²) in [7, 11) is 0. The molecule has 2 heterocycles. The van der Waals surface area contributed by atoms with E-state index in [0.29, 0.717) is 0 Å². The standard InChI is InChI=1S/C16H18N4/c1-2-19-11-5-7-14(19)13-17-15-8-3-4-9-16(15)20-12-6-10-18-20/h3-12,17H,2,13H2,1H3. The second kappa shape index (κ2) is 5.65. The molecule has 102 valence electrons. The number of nitrogens with one attached hydrogen (secondary N) is 1. The molecule has 0 saturated heterocycles. The summed E-state index contributed by atoms with van der Waals surface area (Å²) in [5.74, 6) is 0. The summed E-state index contributed by atoms with van der Waals surface area (Å²) in [6.07, 6.45) is 5.85. The Kier molecular flexibility index (Phi) is 3.54. The molecule has 0 radical (unpaired) electrons. The number of anilines is 1. The zero-order chi connectivity index (χ0) is 13.8. The molecule has 3 aromatic rings. The Bertz CT molecular complexity index is 667. The molecule has 0 aliphatic carbocycles. The van der Waals surface area contributed by atoms with Crippen molar-refractivity contribution in [3.63, 3.8) is 0 Å². The first-order valence-electron chi connectivity index (χ1n) is 6.85. The first kappa shape index (κ1) is 12.5. The number of para-hydroxylation sites is 2. The average Bonchev–Trinajstić information content (AvgIpc) is 3.16. The molecule has 20 heavy (non-hydrogen) atoms. The Morgan fingerprint density at radius 2 is 1.95 bits per heavy atom. The molecule has 0 aliphatic heterocycles. The van der Waals surface area contributed by atoms with Crippen molar-refractivity contribution in [2.24, 2.45) is 0 Å². The molecule has 0 aliphatic rings. The minimum absolute atomic E-state index is 0.805. The normalized spacial score (nSPS) is 10.7. The predicted molar refractivity (Wildman–Crippen MR) is 81.0 cm³/mol. The highest BCUT2D eigenvalue weighted by atomic mass is 15.3. The Balaban J connectivity index is 1.81. The molecule has 0 amide bonds. The van der Waals surface area contributed by atoms with E-state index in [1.165, 1.54) is 5.69 Å². The van der Waals surface area contributed by atoms with E-state index >= 15 is 0 Å². The molecule has 0 spiro atoms. The second-order valence-corrected chi connectivity index (χ2v) is 4.61. The maximum Gasteiger partial charge on any atom is 0.0876 e. The third-order valence-electron chi connectivity index (χ3n) is 3.38. The van der Waals surface area contributed by atoms with Crippen molar-refractivity contribution in [2.75, 3.05) is 5.32 Å². The smallest absolute Gasteiger partial charge is 0.0876 e. The third kappa shape index (κ3) is 2.45. The summed E-state index contributed by atoms with van der Waals surface area (Å²) in [4.78, 5) is 0. The van der Waals surface area contributed by atoms with E-state index in [2.05, 4.69) is 52.4 Å². The number of aromatic nitrogens is 3. The lowest BCUT2D eigenvalue weighted by Crippen LogP contribution is -2.08. The van der Waals surface area contributed by atoms with Crippen LogP contribution in [-0.4, -0.2) is 14.3 Å². The third-order valence-corrected chi connectivity index (χ3v) is 3.38. The van der Waals surface area contributed by atoms with Crippen LogP contribution in [0.15, 0.2) is 61.1 Å². The van der Waals surface area contributed by atoms with Crippen LogP contribution in [0.2, 0.25) is 0 Å². The van der Waals surface area contributed by atoms with Crippen LogP contribution in [0.5, 0.6) is 0 Å². The summed E-state index contributed by atoms with van der Waals surface area (Å²) in [5.41, 5.74) is 3.43. The molecule has 4 nitrogen and oxygen atoms in total. The van der Waals surface area contributed by atoms with Crippen molar-refractivity contribution in [1.82, 2.24) is 14.3 Å². The summed E-state index contributed by atoms with van der Waals surface area (Å²) in [5, 5.41) is 7.79. The van der Waals surface area contributed by atoms with Gasteiger partial charge in [-0.2, -0.15) is 5.10 Å². The molecule has 2 aromatic heterocycles. The fourth-order valence-electron chi connectivity index (χ4n) is 2.34. The molecule has 1 N–H and O–H groups in total. The highest BCUT2D eigenvalue weighted by Gasteiger charge is 2.05. The molecular formula is C16H18N4. The molecule has 1 aromatic carbocycles. The number of hydrogen-bond acceptors (Lipinski definition) is 2. The Hall–Kier alpha value is -2.49. The fourth-order valence-corrected chi connectivity index (χ4v) is 2.34. The van der Waals surface area contributed by atoms with Crippen molar-refractivity contribution in [1.29, 1.82) is 0 Å². The van der Waals surface area contributed by atoms with Crippen LogP contribution in [0.1, 0.15) is 12.6 Å². The average molecular weight is 266 g/mol. The summed E-state index contributed by atoms with van der Waals surface area (Å²) in [6, 6.07) is 14.4. The molecule has 0 saturated carbocycles. The number of hydrogen-bond donors (Lipinski definition) is 1. The quantitative estimate of drug-likeness (QED) is 0.769. The molecular weight excluding hydrogens is 248 g/mol. The van der Waals surface area contributed by atoms with Gasteiger partial charge >= 0.3 is 0 Å². The van der Waals surface area contributed by atoms with E-state index in [1.54, 1.807) is 6.20 Å². The van der Waals surface area contributed by atoms with E-state index in [1.807, 2.05) is 29.1 Å². The van der Waals surface area contributed by atoms with Gasteiger partial charge in [-0.3, -0.25) is 0 Å². The summed E-state index contributed by atoms with van der Waals surface area (Å²) in [6.45, 7) is 3.95. The van der Waals surface area contributed by atoms with Crippen LogP contribution in [0.3, 0.4) is 0 Å². The van der Waals surface area contributed by atoms with Crippen molar-refractivity contribution in [3.05, 3.63) is 66.7 Å². The van der Waals surface area contributed by atoms with Crippen molar-refractivity contribution in [3.8, 4) is 5.69 Å². The Morgan fingerprint density at radius 1 is 1.05 bits per heavy atom. The molecule has 4 heteroatoms. The summed E-state index contributed by atoms with van der Waals surface area (Å²) >= 11 is 0. The first-order valence-corrected chi connectivity index (χ1v) is 6.85. The largest absolute Gasteiger partial charge is 0.378 e. The van der Waals surface area contributed by atoms with Gasteiger partial charge in [0, 0.05) is 30.8 Å². The molecule has 0 bridgehead atoms. The SMILES string of the molecule is CCn1cccc1CNc1ccccc1-n1cccn1. The van der Waals surface area contributed by atoms with Crippen molar-refractivity contribution >= 4 is 5.69 Å². The lowest BCUT2D eigenvalue weighted by atomic mass is 10.2. The topological polar surface area (TPSA) is 34.8 Å². The highest BCUT2D eigenvalue weighted by Crippen LogP contribution is 2.19. The van der Waals surface area contributed by atoms with Gasteiger partial charge in [-0.15, -0.1) is 0 Å². The van der Waals surface area contributed by atoms with Gasteiger partial charge < -0.3 is 9.88 Å². The minimum atomic E-state index is 0.805. The predicted octanol–water partition coefficient (Wildman–Crippen LogP) is 3.31. The van der Waals surface area contributed by atoms with Gasteiger partial charge in [-0.1, -0.05) is 12.1 Å². The van der Waals surface area contributed by atoms with Crippen LogP contribution in [0.25, 0.3) is 5.69 Å². The van der Waals surface area contributed by atoms with Gasteiger partial charge in [-0.05, 0) is 37.3 Å². The number of nitrogens with zero attached hydrogens (tertiary/aromatic N) is 3. The van der Waals surface area contributed by atoms with Crippen LogP contribution in [0, 0.1) is 0 Å². The van der Waals surface area contributed by atoms with E-state index in [9.17, 15) is 0 Å².